The van der Waals surface area contributed by atoms with Gasteiger partial charge < -0.3 is 5.32 Å². The van der Waals surface area contributed by atoms with Crippen molar-refractivity contribution in [2.24, 2.45) is 4.99 Å². The van der Waals surface area contributed by atoms with Gasteiger partial charge >= 0.3 is 12.4 Å². The van der Waals surface area contributed by atoms with Crippen molar-refractivity contribution in [3.63, 3.8) is 0 Å². The highest BCUT2D eigenvalue weighted by molar-refractivity contribution is 7.98. The summed E-state index contributed by atoms with van der Waals surface area (Å²) in [6, 6.07) is 22.5. The van der Waals surface area contributed by atoms with Gasteiger partial charge in [-0.1, -0.05) is 90.1 Å². The Balaban J connectivity index is 1.84. The summed E-state index contributed by atoms with van der Waals surface area (Å²) in [5, 5.41) is 2.55. The molecule has 0 spiro atoms. The summed E-state index contributed by atoms with van der Waals surface area (Å²) in [5.41, 5.74) is -6.36. The van der Waals surface area contributed by atoms with E-state index in [9.17, 15) is 31.1 Å². The van der Waals surface area contributed by atoms with Gasteiger partial charge in [-0.25, -0.2) is 4.99 Å². The van der Waals surface area contributed by atoms with E-state index < -0.39 is 40.7 Å². The predicted molar refractivity (Wildman–Crippen MR) is 141 cm³/mol. The standard InChI is InChI=1S/C28H20F6N4OS/c1-17-12-14-20(15-13-17)38-23-21(24(39)36-25(38)40-16-18-8-4-2-5-9-18)26(27(29,30)31,28(32,33)34)37-22(35-23)19-10-6-3-7-11-19/h2-15H,16H2,1H3,(H,35,37). The SMILES string of the molecule is Cc1ccc(-n2c(SCc3ccccc3)nc(=O)c3c2NC(c2ccccc2)=NC3(C(F)(F)F)C(F)(F)F)cc1. The molecule has 1 aliphatic rings. The van der Waals surface area contributed by atoms with E-state index in [-0.39, 0.29) is 22.2 Å². The lowest BCUT2D eigenvalue weighted by Gasteiger charge is -2.39. The van der Waals surface area contributed by atoms with E-state index in [1.807, 2.05) is 0 Å². The van der Waals surface area contributed by atoms with Gasteiger partial charge in [0.2, 0.25) is 0 Å². The normalized spacial score (nSPS) is 14.7. The summed E-state index contributed by atoms with van der Waals surface area (Å²) in [4.78, 5) is 20.2. The van der Waals surface area contributed by atoms with Crippen LogP contribution in [0.3, 0.4) is 0 Å². The molecule has 3 aromatic carbocycles. The highest BCUT2D eigenvalue weighted by Crippen LogP contribution is 2.55. The Hall–Kier alpha value is -4.06. The van der Waals surface area contributed by atoms with Crippen molar-refractivity contribution in [1.29, 1.82) is 0 Å². The van der Waals surface area contributed by atoms with Crippen molar-refractivity contribution in [1.82, 2.24) is 9.55 Å². The summed E-state index contributed by atoms with van der Waals surface area (Å²) >= 11 is 1.01. The minimum atomic E-state index is -6.02. The molecule has 0 saturated heterocycles. The van der Waals surface area contributed by atoms with Crippen molar-refractivity contribution in [2.45, 2.75) is 35.7 Å². The average molecular weight is 575 g/mol. The lowest BCUT2D eigenvalue weighted by Crippen LogP contribution is -2.58. The summed E-state index contributed by atoms with van der Waals surface area (Å²) in [6.45, 7) is 1.78. The summed E-state index contributed by atoms with van der Waals surface area (Å²) < 4.78 is 89.1. The number of nitrogens with one attached hydrogen (secondary N) is 1. The first-order chi connectivity index (χ1) is 18.9. The molecule has 0 unspecified atom stereocenters. The number of amidine groups is 1. The molecule has 1 aromatic heterocycles. The second kappa shape index (κ2) is 10.2. The Bertz CT molecular complexity index is 1600. The maximum Gasteiger partial charge on any atom is 0.427 e. The van der Waals surface area contributed by atoms with Crippen molar-refractivity contribution < 1.29 is 26.3 Å². The molecule has 12 heteroatoms. The summed E-state index contributed by atoms with van der Waals surface area (Å²) in [7, 11) is 0. The first-order valence-corrected chi connectivity index (χ1v) is 12.9. The zero-order chi connectivity index (χ0) is 28.7. The van der Waals surface area contributed by atoms with Gasteiger partial charge in [0.25, 0.3) is 11.1 Å². The number of fused-ring (bicyclic) bond motifs is 1. The molecule has 0 fully saturated rings. The van der Waals surface area contributed by atoms with Crippen molar-refractivity contribution >= 4 is 23.4 Å². The van der Waals surface area contributed by atoms with Gasteiger partial charge in [0.05, 0.1) is 0 Å². The molecular weight excluding hydrogens is 554 g/mol. The van der Waals surface area contributed by atoms with Gasteiger partial charge in [-0.3, -0.25) is 9.36 Å². The molecule has 0 saturated carbocycles. The molecule has 1 aliphatic heterocycles. The first kappa shape index (κ1) is 27.5. The molecule has 206 valence electrons. The smallest absolute Gasteiger partial charge is 0.325 e. The maximum absolute atomic E-state index is 14.7. The van der Waals surface area contributed by atoms with Crippen LogP contribution in [-0.2, 0) is 11.3 Å². The van der Waals surface area contributed by atoms with E-state index in [1.54, 1.807) is 55.5 Å². The monoisotopic (exact) mass is 574 g/mol. The summed E-state index contributed by atoms with van der Waals surface area (Å²) in [5.74, 6) is -1.14. The van der Waals surface area contributed by atoms with Gasteiger partial charge in [0.1, 0.15) is 17.2 Å². The molecule has 0 amide bonds. The second-order valence-corrected chi connectivity index (χ2v) is 9.97. The third-order valence-corrected chi connectivity index (χ3v) is 7.32. The van der Waals surface area contributed by atoms with Crippen LogP contribution in [0, 0.1) is 6.92 Å². The molecule has 1 N–H and O–H groups in total. The lowest BCUT2D eigenvalue weighted by molar-refractivity contribution is -0.301. The zero-order valence-corrected chi connectivity index (χ0v) is 21.5. The van der Waals surface area contributed by atoms with E-state index in [0.29, 0.717) is 0 Å². The van der Waals surface area contributed by atoms with Crippen LogP contribution >= 0.6 is 11.8 Å². The fourth-order valence-electron chi connectivity index (χ4n) is 4.37. The third kappa shape index (κ3) is 4.76. The first-order valence-electron chi connectivity index (χ1n) is 11.9. The largest absolute Gasteiger partial charge is 0.427 e. The molecule has 5 nitrogen and oxygen atoms in total. The van der Waals surface area contributed by atoms with E-state index in [0.717, 1.165) is 27.5 Å². The van der Waals surface area contributed by atoms with E-state index in [4.69, 9.17) is 0 Å². The second-order valence-electron chi connectivity index (χ2n) is 9.03. The third-order valence-electron chi connectivity index (χ3n) is 6.31. The van der Waals surface area contributed by atoms with Crippen LogP contribution in [0.2, 0.25) is 0 Å². The van der Waals surface area contributed by atoms with Crippen LogP contribution in [0.25, 0.3) is 5.69 Å². The van der Waals surface area contributed by atoms with E-state index >= 15 is 0 Å². The van der Waals surface area contributed by atoms with Gasteiger partial charge in [-0.2, -0.15) is 31.3 Å². The van der Waals surface area contributed by atoms with Crippen LogP contribution in [0.5, 0.6) is 0 Å². The number of halogens is 6. The minimum absolute atomic E-state index is 0.0239. The van der Waals surface area contributed by atoms with Crippen LogP contribution in [0.4, 0.5) is 32.2 Å². The quantitative estimate of drug-likeness (QED) is 0.158. The lowest BCUT2D eigenvalue weighted by atomic mass is 9.87. The molecule has 4 aromatic rings. The average Bonchev–Trinajstić information content (AvgIpc) is 2.92. The Morgan fingerprint density at radius 1 is 0.850 bits per heavy atom. The highest BCUT2D eigenvalue weighted by Gasteiger charge is 2.75. The van der Waals surface area contributed by atoms with Gasteiger partial charge in [-0.15, -0.1) is 0 Å². The number of nitrogens with zero attached hydrogens (tertiary/aromatic N) is 3. The zero-order valence-electron chi connectivity index (χ0n) is 20.7. The number of alkyl halides is 6. The molecule has 40 heavy (non-hydrogen) atoms. The fraction of sp³-hybridized carbons (Fsp3) is 0.179. The van der Waals surface area contributed by atoms with Gasteiger partial charge in [0, 0.05) is 17.0 Å². The number of anilines is 1. The molecule has 0 atom stereocenters. The summed E-state index contributed by atoms with van der Waals surface area (Å²) in [6.07, 6.45) is -12.0. The molecule has 0 radical (unpaired) electrons. The Labute approximate surface area is 228 Å². The fourth-order valence-corrected chi connectivity index (χ4v) is 5.33. The Kier molecular flexibility index (Phi) is 6.99. The molecule has 5 rings (SSSR count). The van der Waals surface area contributed by atoms with Crippen LogP contribution in [0.1, 0.15) is 22.3 Å². The van der Waals surface area contributed by atoms with Crippen molar-refractivity contribution in [3.05, 3.63) is 118 Å². The Morgan fingerprint density at radius 2 is 1.43 bits per heavy atom. The molecule has 0 bridgehead atoms. The number of aliphatic imine (C=N–C) groups is 1. The number of rotatable bonds is 5. The number of benzene rings is 3. The molecular formula is C28H20F6N4OS. The minimum Gasteiger partial charge on any atom is -0.325 e. The number of hydrogen-bond donors (Lipinski definition) is 1. The number of hydrogen-bond acceptors (Lipinski definition) is 5. The van der Waals surface area contributed by atoms with Gasteiger partial charge in [0.15, 0.2) is 5.16 Å². The van der Waals surface area contributed by atoms with Crippen molar-refractivity contribution in [2.75, 3.05) is 5.32 Å². The predicted octanol–water partition coefficient (Wildman–Crippen LogP) is 7.03. The van der Waals surface area contributed by atoms with Crippen LogP contribution < -0.4 is 10.9 Å². The maximum atomic E-state index is 14.7. The van der Waals surface area contributed by atoms with E-state index in [2.05, 4.69) is 15.3 Å². The molecule has 0 aliphatic carbocycles. The molecule has 2 heterocycles. The van der Waals surface area contributed by atoms with Crippen LogP contribution in [0.15, 0.2) is 99.9 Å². The topological polar surface area (TPSA) is 59.3 Å². The number of thioether (sulfide) groups is 1. The Morgan fingerprint density at radius 3 is 2.00 bits per heavy atom. The van der Waals surface area contributed by atoms with E-state index in [1.165, 1.54) is 36.4 Å². The highest BCUT2D eigenvalue weighted by atomic mass is 32.2. The van der Waals surface area contributed by atoms with Gasteiger partial charge in [-0.05, 0) is 24.6 Å². The number of aromatic nitrogens is 2. The van der Waals surface area contributed by atoms with Crippen LogP contribution in [-0.4, -0.2) is 27.7 Å². The number of aryl methyl sites for hydroxylation is 1. The van der Waals surface area contributed by atoms with Crippen molar-refractivity contribution in [3.8, 4) is 5.69 Å².